The summed E-state index contributed by atoms with van der Waals surface area (Å²) in [6, 6.07) is 0. The summed E-state index contributed by atoms with van der Waals surface area (Å²) in [4.78, 5) is 4.33. The topological polar surface area (TPSA) is 56.9 Å². The molecule has 19 heavy (non-hydrogen) atoms. The van der Waals surface area contributed by atoms with Crippen molar-refractivity contribution in [3.63, 3.8) is 0 Å². The minimum Gasteiger partial charge on any atom is -0.385 e. The summed E-state index contributed by atoms with van der Waals surface area (Å²) in [5, 5.41) is 7.68. The quantitative estimate of drug-likeness (QED) is 0.770. The molecule has 6 nitrogen and oxygen atoms in total. The molecule has 0 saturated carbocycles. The van der Waals surface area contributed by atoms with Crippen LogP contribution in [0.2, 0.25) is 0 Å². The second kappa shape index (κ2) is 6.38. The zero-order valence-electron chi connectivity index (χ0n) is 11.8. The van der Waals surface area contributed by atoms with E-state index < -0.39 is 0 Å². The largest absolute Gasteiger partial charge is 0.385 e. The highest BCUT2D eigenvalue weighted by atomic mass is 16.5. The molecule has 0 radical (unpaired) electrons. The molecule has 0 fully saturated rings. The van der Waals surface area contributed by atoms with Gasteiger partial charge in [-0.15, -0.1) is 0 Å². The van der Waals surface area contributed by atoms with E-state index >= 15 is 0 Å². The molecule has 0 unspecified atom stereocenters. The van der Waals surface area contributed by atoms with Crippen LogP contribution in [0.5, 0.6) is 0 Å². The maximum Gasteiger partial charge on any atom is 0.203 e. The second-order valence-electron chi connectivity index (χ2n) is 4.56. The summed E-state index contributed by atoms with van der Waals surface area (Å²) in [6.07, 6.45) is 6.80. The number of anilines is 1. The molecule has 0 aliphatic carbocycles. The van der Waals surface area contributed by atoms with Crippen molar-refractivity contribution in [3.05, 3.63) is 29.8 Å². The molecule has 0 amide bonds. The van der Waals surface area contributed by atoms with E-state index in [1.165, 1.54) is 5.56 Å². The van der Waals surface area contributed by atoms with Crippen molar-refractivity contribution in [2.24, 2.45) is 7.05 Å². The van der Waals surface area contributed by atoms with E-state index in [9.17, 15) is 0 Å². The maximum atomic E-state index is 5.06. The molecule has 0 atom stereocenters. The Kier molecular flexibility index (Phi) is 4.57. The molecule has 0 aliphatic rings. The number of aromatic nitrogens is 4. The van der Waals surface area contributed by atoms with Crippen LogP contribution in [0.3, 0.4) is 0 Å². The first-order valence-electron chi connectivity index (χ1n) is 6.43. The van der Waals surface area contributed by atoms with Crippen molar-refractivity contribution in [1.82, 2.24) is 19.3 Å². The molecule has 2 heterocycles. The van der Waals surface area contributed by atoms with E-state index in [2.05, 4.69) is 20.0 Å². The van der Waals surface area contributed by atoms with Crippen LogP contribution >= 0.6 is 0 Å². The van der Waals surface area contributed by atoms with Crippen LogP contribution in [0.4, 0.5) is 5.95 Å². The third-order valence-electron chi connectivity index (χ3n) is 3.02. The van der Waals surface area contributed by atoms with Gasteiger partial charge in [-0.05, 0) is 13.3 Å². The lowest BCUT2D eigenvalue weighted by molar-refractivity contribution is 0.190. The highest BCUT2D eigenvalue weighted by Gasteiger charge is 2.05. The van der Waals surface area contributed by atoms with E-state index in [1.54, 1.807) is 7.11 Å². The van der Waals surface area contributed by atoms with Crippen molar-refractivity contribution >= 4 is 5.95 Å². The van der Waals surface area contributed by atoms with Gasteiger partial charge in [0.15, 0.2) is 0 Å². The molecule has 0 bridgehead atoms. The summed E-state index contributed by atoms with van der Waals surface area (Å²) in [7, 11) is 3.65. The molecule has 0 saturated heterocycles. The van der Waals surface area contributed by atoms with Gasteiger partial charge in [0.05, 0.1) is 5.69 Å². The fraction of sp³-hybridized carbons (Fsp3) is 0.538. The Morgan fingerprint density at radius 1 is 1.42 bits per heavy atom. The number of nitrogens with zero attached hydrogens (tertiary/aromatic N) is 4. The molecular formula is C13H21N5O. The molecule has 6 heteroatoms. The molecule has 0 aliphatic heterocycles. The van der Waals surface area contributed by atoms with E-state index in [1.807, 2.05) is 37.2 Å². The Morgan fingerprint density at radius 2 is 2.26 bits per heavy atom. The normalized spacial score (nSPS) is 10.9. The van der Waals surface area contributed by atoms with Crippen molar-refractivity contribution in [3.8, 4) is 0 Å². The third kappa shape index (κ3) is 3.57. The van der Waals surface area contributed by atoms with Crippen molar-refractivity contribution < 1.29 is 4.74 Å². The van der Waals surface area contributed by atoms with Gasteiger partial charge in [0.2, 0.25) is 5.95 Å². The maximum absolute atomic E-state index is 5.06. The van der Waals surface area contributed by atoms with Crippen LogP contribution in [0.25, 0.3) is 0 Å². The second-order valence-corrected chi connectivity index (χ2v) is 4.56. The first-order valence-corrected chi connectivity index (χ1v) is 6.43. The minimum atomic E-state index is 0.737. The Balaban J connectivity index is 1.92. The van der Waals surface area contributed by atoms with Gasteiger partial charge in [-0.3, -0.25) is 4.68 Å². The zero-order chi connectivity index (χ0) is 13.7. The minimum absolute atomic E-state index is 0.737. The van der Waals surface area contributed by atoms with Crippen LogP contribution < -0.4 is 5.32 Å². The lowest BCUT2D eigenvalue weighted by Crippen LogP contribution is -2.08. The van der Waals surface area contributed by atoms with Crippen LogP contribution in [-0.4, -0.2) is 33.0 Å². The van der Waals surface area contributed by atoms with Crippen LogP contribution in [-0.2, 0) is 24.9 Å². The van der Waals surface area contributed by atoms with E-state index in [4.69, 9.17) is 4.74 Å². The number of methoxy groups -OCH3 is 1. The molecular weight excluding hydrogens is 242 g/mol. The van der Waals surface area contributed by atoms with Crippen molar-refractivity contribution in [1.29, 1.82) is 0 Å². The number of hydrogen-bond acceptors (Lipinski definition) is 4. The highest BCUT2D eigenvalue weighted by molar-refractivity contribution is 5.29. The Labute approximate surface area is 113 Å². The number of imidazole rings is 1. The fourth-order valence-corrected chi connectivity index (χ4v) is 2.03. The summed E-state index contributed by atoms with van der Waals surface area (Å²) < 4.78 is 9.00. The highest BCUT2D eigenvalue weighted by Crippen LogP contribution is 2.10. The monoisotopic (exact) mass is 263 g/mol. The third-order valence-corrected chi connectivity index (χ3v) is 3.02. The van der Waals surface area contributed by atoms with Crippen LogP contribution in [0.15, 0.2) is 18.6 Å². The molecule has 1 N–H and O–H groups in total. The molecule has 0 aromatic carbocycles. The fourth-order valence-electron chi connectivity index (χ4n) is 2.03. The Morgan fingerprint density at radius 3 is 2.95 bits per heavy atom. The lowest BCUT2D eigenvalue weighted by Gasteiger charge is -2.09. The average Bonchev–Trinajstić information content (AvgIpc) is 2.94. The van der Waals surface area contributed by atoms with Gasteiger partial charge in [-0.2, -0.15) is 5.10 Å². The molecule has 2 rings (SSSR count). The lowest BCUT2D eigenvalue weighted by atomic mass is 10.3. The van der Waals surface area contributed by atoms with E-state index in [0.717, 1.165) is 37.8 Å². The number of nitrogens with one attached hydrogen (secondary N) is 1. The summed E-state index contributed by atoms with van der Waals surface area (Å²) >= 11 is 0. The van der Waals surface area contributed by atoms with Crippen LogP contribution in [0, 0.1) is 6.92 Å². The predicted molar refractivity (Wildman–Crippen MR) is 74.0 cm³/mol. The first-order chi connectivity index (χ1) is 9.20. The zero-order valence-corrected chi connectivity index (χ0v) is 11.8. The Bertz CT molecular complexity index is 517. The standard InChI is InChI=1S/C13H21N5O/c1-11-12(10-17(2)16-11)9-15-13-14-5-7-18(13)6-4-8-19-3/h5,7,10H,4,6,8-9H2,1-3H3,(H,14,15). The summed E-state index contributed by atoms with van der Waals surface area (Å²) in [5.74, 6) is 0.888. The van der Waals surface area contributed by atoms with Gasteiger partial charge < -0.3 is 14.6 Å². The van der Waals surface area contributed by atoms with Gasteiger partial charge in [-0.25, -0.2) is 4.98 Å². The molecule has 104 valence electrons. The number of ether oxygens (including phenoxy) is 1. The molecule has 0 spiro atoms. The van der Waals surface area contributed by atoms with E-state index in [0.29, 0.717) is 0 Å². The smallest absolute Gasteiger partial charge is 0.203 e. The summed E-state index contributed by atoms with van der Waals surface area (Å²) in [5.41, 5.74) is 2.24. The number of aryl methyl sites for hydroxylation is 3. The van der Waals surface area contributed by atoms with Gasteiger partial charge in [-0.1, -0.05) is 0 Å². The first kappa shape index (κ1) is 13.6. The van der Waals surface area contributed by atoms with Gasteiger partial charge >= 0.3 is 0 Å². The number of rotatable bonds is 7. The SMILES string of the molecule is COCCCn1ccnc1NCc1cn(C)nc1C. The molecule has 2 aromatic heterocycles. The number of hydrogen-bond donors (Lipinski definition) is 1. The van der Waals surface area contributed by atoms with Gasteiger partial charge in [0.25, 0.3) is 0 Å². The predicted octanol–water partition coefficient (Wildman–Crippen LogP) is 1.57. The Hall–Kier alpha value is -1.82. The van der Waals surface area contributed by atoms with E-state index in [-0.39, 0.29) is 0 Å². The summed E-state index contributed by atoms with van der Waals surface area (Å²) in [6.45, 7) is 4.42. The van der Waals surface area contributed by atoms with Crippen molar-refractivity contribution in [2.75, 3.05) is 19.0 Å². The molecule has 2 aromatic rings. The van der Waals surface area contributed by atoms with Gasteiger partial charge in [0.1, 0.15) is 0 Å². The van der Waals surface area contributed by atoms with Gasteiger partial charge in [0, 0.05) is 58.0 Å². The van der Waals surface area contributed by atoms with Crippen LogP contribution in [0.1, 0.15) is 17.7 Å². The van der Waals surface area contributed by atoms with Crippen molar-refractivity contribution in [2.45, 2.75) is 26.4 Å². The average molecular weight is 263 g/mol.